The number of amides is 1. The standard InChI is InChI=1S/C13H21N3O3S/c1-13(2,3)16(20(4,18)19)10-12(17)15-9-11-6-5-7-14-8-11/h5-8H,9-10H2,1-4H3,(H,15,17). The fourth-order valence-electron chi connectivity index (χ4n) is 1.74. The van der Waals surface area contributed by atoms with Gasteiger partial charge in [-0.25, -0.2) is 8.42 Å². The molecular formula is C13H21N3O3S. The Balaban J connectivity index is 2.64. The van der Waals surface area contributed by atoms with Crippen molar-refractivity contribution >= 4 is 15.9 Å². The topological polar surface area (TPSA) is 79.4 Å². The first-order valence-electron chi connectivity index (χ1n) is 6.24. The Morgan fingerprint density at radius 1 is 1.40 bits per heavy atom. The second-order valence-corrected chi connectivity index (χ2v) is 7.49. The minimum Gasteiger partial charge on any atom is -0.351 e. The molecule has 1 aromatic heterocycles. The van der Waals surface area contributed by atoms with Gasteiger partial charge < -0.3 is 5.32 Å². The Morgan fingerprint density at radius 2 is 2.05 bits per heavy atom. The lowest BCUT2D eigenvalue weighted by Crippen LogP contribution is -2.49. The summed E-state index contributed by atoms with van der Waals surface area (Å²) in [6.07, 6.45) is 4.40. The van der Waals surface area contributed by atoms with Crippen molar-refractivity contribution in [3.8, 4) is 0 Å². The SMILES string of the molecule is CC(C)(C)N(CC(=O)NCc1cccnc1)S(C)(=O)=O. The lowest BCUT2D eigenvalue weighted by molar-refractivity contribution is -0.122. The van der Waals surface area contributed by atoms with E-state index >= 15 is 0 Å². The Bertz CT molecular complexity index is 550. The highest BCUT2D eigenvalue weighted by Gasteiger charge is 2.31. The molecule has 0 atom stereocenters. The molecule has 0 saturated carbocycles. The third-order valence-corrected chi connectivity index (χ3v) is 4.13. The molecular weight excluding hydrogens is 278 g/mol. The molecule has 1 N–H and O–H groups in total. The summed E-state index contributed by atoms with van der Waals surface area (Å²) in [6.45, 7) is 5.39. The van der Waals surface area contributed by atoms with Crippen molar-refractivity contribution in [2.45, 2.75) is 32.9 Å². The van der Waals surface area contributed by atoms with Crippen LogP contribution in [0, 0.1) is 0 Å². The van der Waals surface area contributed by atoms with Crippen LogP contribution in [-0.2, 0) is 21.4 Å². The van der Waals surface area contributed by atoms with Crippen LogP contribution in [0.4, 0.5) is 0 Å². The molecule has 0 aromatic carbocycles. The average Bonchev–Trinajstić information content (AvgIpc) is 2.32. The molecule has 0 aliphatic rings. The van der Waals surface area contributed by atoms with Gasteiger partial charge in [0.15, 0.2) is 0 Å². The van der Waals surface area contributed by atoms with Crippen LogP contribution in [0.3, 0.4) is 0 Å². The predicted molar refractivity (Wildman–Crippen MR) is 77.4 cm³/mol. The van der Waals surface area contributed by atoms with Gasteiger partial charge in [0.25, 0.3) is 0 Å². The molecule has 0 aliphatic heterocycles. The second kappa shape index (κ2) is 6.32. The number of nitrogens with one attached hydrogen (secondary N) is 1. The highest BCUT2D eigenvalue weighted by Crippen LogP contribution is 2.16. The minimum absolute atomic E-state index is 0.192. The number of nitrogens with zero attached hydrogens (tertiary/aromatic N) is 2. The monoisotopic (exact) mass is 299 g/mol. The van der Waals surface area contributed by atoms with Crippen LogP contribution in [0.1, 0.15) is 26.3 Å². The van der Waals surface area contributed by atoms with Crippen LogP contribution in [0.5, 0.6) is 0 Å². The molecule has 20 heavy (non-hydrogen) atoms. The van der Waals surface area contributed by atoms with Crippen molar-refractivity contribution in [1.82, 2.24) is 14.6 Å². The molecule has 0 aliphatic carbocycles. The summed E-state index contributed by atoms with van der Waals surface area (Å²) in [5, 5.41) is 2.69. The van der Waals surface area contributed by atoms with E-state index in [9.17, 15) is 13.2 Å². The van der Waals surface area contributed by atoms with Crippen LogP contribution in [-0.4, -0.2) is 42.0 Å². The lowest BCUT2D eigenvalue weighted by Gasteiger charge is -2.32. The van der Waals surface area contributed by atoms with E-state index < -0.39 is 15.6 Å². The summed E-state index contributed by atoms with van der Waals surface area (Å²) in [5.74, 6) is -0.339. The molecule has 0 unspecified atom stereocenters. The van der Waals surface area contributed by atoms with E-state index in [1.165, 1.54) is 4.31 Å². The second-order valence-electron chi connectivity index (χ2n) is 5.58. The van der Waals surface area contributed by atoms with Crippen molar-refractivity contribution in [2.24, 2.45) is 0 Å². The van der Waals surface area contributed by atoms with Crippen LogP contribution in [0.2, 0.25) is 0 Å². The van der Waals surface area contributed by atoms with Gasteiger partial charge in [-0.05, 0) is 32.4 Å². The van der Waals surface area contributed by atoms with Crippen LogP contribution in [0.25, 0.3) is 0 Å². The summed E-state index contributed by atoms with van der Waals surface area (Å²) in [5.41, 5.74) is 0.224. The van der Waals surface area contributed by atoms with E-state index in [0.29, 0.717) is 6.54 Å². The van der Waals surface area contributed by atoms with Gasteiger partial charge in [-0.15, -0.1) is 0 Å². The number of sulfonamides is 1. The number of aromatic nitrogens is 1. The molecule has 1 rings (SSSR count). The Kier molecular flexibility index (Phi) is 5.24. The maximum Gasteiger partial charge on any atom is 0.235 e. The van der Waals surface area contributed by atoms with Gasteiger partial charge in [0.1, 0.15) is 0 Å². The van der Waals surface area contributed by atoms with Gasteiger partial charge in [-0.1, -0.05) is 6.07 Å². The molecule has 0 spiro atoms. The summed E-state index contributed by atoms with van der Waals surface area (Å²) in [7, 11) is -3.44. The van der Waals surface area contributed by atoms with Gasteiger partial charge in [-0.2, -0.15) is 4.31 Å². The lowest BCUT2D eigenvalue weighted by atomic mass is 10.1. The Labute approximate surface area is 120 Å². The summed E-state index contributed by atoms with van der Waals surface area (Å²) >= 11 is 0. The fraction of sp³-hybridized carbons (Fsp3) is 0.538. The van der Waals surface area contributed by atoms with E-state index in [0.717, 1.165) is 11.8 Å². The molecule has 112 valence electrons. The minimum atomic E-state index is -3.44. The zero-order valence-corrected chi connectivity index (χ0v) is 13.1. The predicted octanol–water partition coefficient (Wildman–Crippen LogP) is 0.758. The first-order chi connectivity index (χ1) is 9.10. The molecule has 0 radical (unpaired) electrons. The van der Waals surface area contributed by atoms with Crippen LogP contribution < -0.4 is 5.32 Å². The first kappa shape index (κ1) is 16.6. The van der Waals surface area contributed by atoms with Crippen LogP contribution in [0.15, 0.2) is 24.5 Å². The molecule has 0 bridgehead atoms. The molecule has 1 heterocycles. The highest BCUT2D eigenvalue weighted by molar-refractivity contribution is 7.88. The van der Waals surface area contributed by atoms with E-state index in [2.05, 4.69) is 10.3 Å². The van der Waals surface area contributed by atoms with Crippen molar-refractivity contribution in [1.29, 1.82) is 0 Å². The molecule has 7 heteroatoms. The third-order valence-electron chi connectivity index (χ3n) is 2.65. The number of pyridine rings is 1. The number of hydrogen-bond acceptors (Lipinski definition) is 4. The molecule has 1 amide bonds. The summed E-state index contributed by atoms with van der Waals surface area (Å²) < 4.78 is 24.6. The van der Waals surface area contributed by atoms with Crippen molar-refractivity contribution in [3.63, 3.8) is 0 Å². The third kappa shape index (κ3) is 5.26. The maximum absolute atomic E-state index is 11.9. The highest BCUT2D eigenvalue weighted by atomic mass is 32.2. The van der Waals surface area contributed by atoms with Crippen LogP contribution >= 0.6 is 0 Å². The number of carbonyl (C=O) groups is 1. The van der Waals surface area contributed by atoms with Gasteiger partial charge in [-0.3, -0.25) is 9.78 Å². The van der Waals surface area contributed by atoms with Crippen molar-refractivity contribution < 1.29 is 13.2 Å². The van der Waals surface area contributed by atoms with E-state index in [1.54, 1.807) is 39.2 Å². The quantitative estimate of drug-likeness (QED) is 0.870. The van der Waals surface area contributed by atoms with E-state index in [-0.39, 0.29) is 12.5 Å². The largest absolute Gasteiger partial charge is 0.351 e. The number of hydrogen-bond donors (Lipinski definition) is 1. The summed E-state index contributed by atoms with van der Waals surface area (Å²) in [6, 6.07) is 3.62. The number of rotatable bonds is 5. The van der Waals surface area contributed by atoms with Gasteiger partial charge in [0, 0.05) is 24.5 Å². The zero-order chi connectivity index (χ0) is 15.4. The van der Waals surface area contributed by atoms with Gasteiger partial charge >= 0.3 is 0 Å². The maximum atomic E-state index is 11.9. The summed E-state index contributed by atoms with van der Waals surface area (Å²) in [4.78, 5) is 15.8. The fourth-order valence-corrected chi connectivity index (χ4v) is 3.09. The number of carbonyl (C=O) groups excluding carboxylic acids is 1. The molecule has 6 nitrogen and oxygen atoms in total. The van der Waals surface area contributed by atoms with Crippen molar-refractivity contribution in [2.75, 3.05) is 12.8 Å². The Morgan fingerprint density at radius 3 is 2.50 bits per heavy atom. The van der Waals surface area contributed by atoms with E-state index in [1.807, 2.05) is 6.07 Å². The normalized spacial score (nSPS) is 12.4. The molecule has 1 aromatic rings. The average molecular weight is 299 g/mol. The molecule has 0 fully saturated rings. The van der Waals surface area contributed by atoms with E-state index in [4.69, 9.17) is 0 Å². The van der Waals surface area contributed by atoms with Crippen molar-refractivity contribution in [3.05, 3.63) is 30.1 Å². The smallest absolute Gasteiger partial charge is 0.235 e. The van der Waals surface area contributed by atoms with Gasteiger partial charge in [0.2, 0.25) is 15.9 Å². The van der Waals surface area contributed by atoms with Gasteiger partial charge in [0.05, 0.1) is 12.8 Å². The molecule has 0 saturated heterocycles. The first-order valence-corrected chi connectivity index (χ1v) is 8.09. The Hall–Kier alpha value is -1.47. The zero-order valence-electron chi connectivity index (χ0n) is 12.3.